The van der Waals surface area contributed by atoms with E-state index in [0.29, 0.717) is 27.5 Å². The summed E-state index contributed by atoms with van der Waals surface area (Å²) in [6.45, 7) is 3.14. The molecule has 3 rings (SSSR count). The Bertz CT molecular complexity index is 897. The van der Waals surface area contributed by atoms with Crippen molar-refractivity contribution in [2.75, 3.05) is 5.32 Å². The molecule has 0 radical (unpaired) electrons. The van der Waals surface area contributed by atoms with Crippen molar-refractivity contribution in [3.8, 4) is 11.3 Å². The Morgan fingerprint density at radius 3 is 2.91 bits per heavy atom. The molecule has 0 saturated heterocycles. The maximum Gasteiger partial charge on any atom is 0.312 e. The van der Waals surface area contributed by atoms with E-state index in [-0.39, 0.29) is 17.2 Å². The number of anilines is 1. The molecular formula is C14H11N3O4S. The van der Waals surface area contributed by atoms with Gasteiger partial charge in [-0.25, -0.2) is 4.98 Å². The van der Waals surface area contributed by atoms with Crippen molar-refractivity contribution in [2.45, 2.75) is 13.8 Å². The number of nitrogens with zero attached hydrogens (tertiary/aromatic N) is 2. The first-order chi connectivity index (χ1) is 10.5. The molecule has 0 bridgehead atoms. The summed E-state index contributed by atoms with van der Waals surface area (Å²) in [5, 5.41) is 16.6. The lowest BCUT2D eigenvalue weighted by Gasteiger charge is -1.96. The molecule has 1 N–H and O–H groups in total. The predicted molar refractivity (Wildman–Crippen MR) is 83.0 cm³/mol. The molecule has 0 aliphatic rings. The zero-order valence-corrected chi connectivity index (χ0v) is 12.6. The number of carbonyl (C=O) groups is 1. The van der Waals surface area contributed by atoms with Crippen molar-refractivity contribution in [1.29, 1.82) is 0 Å². The van der Waals surface area contributed by atoms with Gasteiger partial charge >= 0.3 is 5.69 Å². The second-order valence-corrected chi connectivity index (χ2v) is 5.52. The van der Waals surface area contributed by atoms with Crippen LogP contribution < -0.4 is 5.32 Å². The lowest BCUT2D eigenvalue weighted by molar-refractivity contribution is -0.383. The third-order valence-corrected chi connectivity index (χ3v) is 3.87. The first kappa shape index (κ1) is 14.2. The van der Waals surface area contributed by atoms with Crippen LogP contribution in [0.4, 0.5) is 10.8 Å². The average molecular weight is 317 g/mol. The molecule has 0 unspecified atom stereocenters. The maximum absolute atomic E-state index is 11.1. The van der Waals surface area contributed by atoms with Crippen LogP contribution in [-0.4, -0.2) is 15.8 Å². The Morgan fingerprint density at radius 1 is 1.45 bits per heavy atom. The third kappa shape index (κ3) is 2.33. The fraction of sp³-hybridized carbons (Fsp3) is 0.143. The Balaban J connectivity index is 2.17. The molecule has 0 aliphatic heterocycles. The smallest absolute Gasteiger partial charge is 0.312 e. The quantitative estimate of drug-likeness (QED) is 0.586. The van der Waals surface area contributed by atoms with Gasteiger partial charge in [0.15, 0.2) is 5.13 Å². The predicted octanol–water partition coefficient (Wildman–Crippen LogP) is 3.73. The van der Waals surface area contributed by atoms with Crippen molar-refractivity contribution >= 4 is 39.0 Å². The molecule has 0 aliphatic carbocycles. The van der Waals surface area contributed by atoms with E-state index in [4.69, 9.17) is 4.42 Å². The number of fused-ring (bicyclic) bond motifs is 1. The number of hydrogen-bond acceptors (Lipinski definition) is 6. The molecule has 22 heavy (non-hydrogen) atoms. The van der Waals surface area contributed by atoms with Gasteiger partial charge in [0.1, 0.15) is 5.76 Å². The first-order valence-corrected chi connectivity index (χ1v) is 7.25. The topological polar surface area (TPSA) is 98.3 Å². The van der Waals surface area contributed by atoms with Crippen molar-refractivity contribution in [3.05, 3.63) is 39.5 Å². The van der Waals surface area contributed by atoms with E-state index < -0.39 is 4.92 Å². The van der Waals surface area contributed by atoms with Crippen LogP contribution in [0, 0.1) is 17.0 Å². The number of rotatable bonds is 3. The van der Waals surface area contributed by atoms with Gasteiger partial charge in [0.2, 0.25) is 11.5 Å². The number of hydrogen-bond donors (Lipinski definition) is 1. The van der Waals surface area contributed by atoms with Crippen LogP contribution in [0.15, 0.2) is 28.0 Å². The molecule has 1 aromatic carbocycles. The van der Waals surface area contributed by atoms with E-state index in [1.54, 1.807) is 24.4 Å². The van der Waals surface area contributed by atoms with E-state index >= 15 is 0 Å². The summed E-state index contributed by atoms with van der Waals surface area (Å²) in [4.78, 5) is 26.0. The van der Waals surface area contributed by atoms with E-state index in [1.807, 2.05) is 0 Å². The number of carbonyl (C=O) groups excluding carboxylic acids is 1. The Kier molecular flexibility index (Phi) is 3.38. The van der Waals surface area contributed by atoms with Crippen molar-refractivity contribution in [1.82, 2.24) is 4.98 Å². The lowest BCUT2D eigenvalue weighted by Crippen LogP contribution is -2.04. The molecule has 7 nitrogen and oxygen atoms in total. The number of furan rings is 1. The highest BCUT2D eigenvalue weighted by molar-refractivity contribution is 7.14. The molecule has 0 fully saturated rings. The molecular weight excluding hydrogens is 306 g/mol. The minimum Gasteiger partial charge on any atom is -0.453 e. The number of nitro benzene ring substituents is 1. The number of aromatic nitrogens is 1. The molecule has 0 spiro atoms. The number of nitrogens with one attached hydrogen (secondary N) is 1. The van der Waals surface area contributed by atoms with Crippen LogP contribution in [0.5, 0.6) is 0 Å². The van der Waals surface area contributed by atoms with Crippen LogP contribution in [0.1, 0.15) is 12.7 Å². The number of benzene rings is 1. The van der Waals surface area contributed by atoms with Gasteiger partial charge in [-0.3, -0.25) is 14.9 Å². The van der Waals surface area contributed by atoms with Crippen molar-refractivity contribution in [3.63, 3.8) is 0 Å². The highest BCUT2D eigenvalue weighted by Crippen LogP contribution is 2.39. The summed E-state index contributed by atoms with van der Waals surface area (Å²) in [6.07, 6.45) is 0. The Labute approximate surface area is 128 Å². The Morgan fingerprint density at radius 2 is 2.23 bits per heavy atom. The molecule has 0 saturated carbocycles. The van der Waals surface area contributed by atoms with Gasteiger partial charge in [-0.05, 0) is 13.0 Å². The summed E-state index contributed by atoms with van der Waals surface area (Å²) < 4.78 is 5.57. The van der Waals surface area contributed by atoms with Gasteiger partial charge < -0.3 is 9.73 Å². The summed E-state index contributed by atoms with van der Waals surface area (Å²) >= 11 is 1.29. The first-order valence-electron chi connectivity index (χ1n) is 6.37. The average Bonchev–Trinajstić information content (AvgIpc) is 3.00. The zero-order chi connectivity index (χ0) is 15.9. The number of aryl methyl sites for hydroxylation is 1. The minimum absolute atomic E-state index is 0.0795. The molecule has 2 aromatic heterocycles. The number of thiazole rings is 1. The van der Waals surface area contributed by atoms with E-state index in [2.05, 4.69) is 10.3 Å². The van der Waals surface area contributed by atoms with Gasteiger partial charge in [-0.2, -0.15) is 0 Å². The fourth-order valence-corrected chi connectivity index (χ4v) is 3.03. The monoisotopic (exact) mass is 317 g/mol. The summed E-state index contributed by atoms with van der Waals surface area (Å²) in [5.74, 6) is 0.342. The van der Waals surface area contributed by atoms with E-state index in [9.17, 15) is 14.9 Å². The van der Waals surface area contributed by atoms with Gasteiger partial charge in [0, 0.05) is 23.8 Å². The SMILES string of the molecule is CC(=O)Nc1nc(-c2c(C)oc3c([N+](=O)[O-])cccc23)cs1. The fourth-order valence-electron chi connectivity index (χ4n) is 2.28. The summed E-state index contributed by atoms with van der Waals surface area (Å²) in [7, 11) is 0. The van der Waals surface area contributed by atoms with Crippen LogP contribution in [0.25, 0.3) is 22.2 Å². The third-order valence-electron chi connectivity index (χ3n) is 3.11. The molecule has 2 heterocycles. The van der Waals surface area contributed by atoms with Crippen LogP contribution in [0.2, 0.25) is 0 Å². The minimum atomic E-state index is -0.473. The Hall–Kier alpha value is -2.74. The molecule has 0 atom stereocenters. The summed E-state index contributed by atoms with van der Waals surface area (Å²) in [6, 6.07) is 4.77. The number of para-hydroxylation sites is 1. The second kappa shape index (κ2) is 5.23. The second-order valence-electron chi connectivity index (χ2n) is 4.66. The number of non-ortho nitro benzene ring substituents is 1. The van der Waals surface area contributed by atoms with Gasteiger partial charge in [-0.15, -0.1) is 11.3 Å². The van der Waals surface area contributed by atoms with Crippen LogP contribution >= 0.6 is 11.3 Å². The largest absolute Gasteiger partial charge is 0.453 e. The number of amides is 1. The van der Waals surface area contributed by atoms with Crippen molar-refractivity contribution < 1.29 is 14.1 Å². The molecule has 112 valence electrons. The highest BCUT2D eigenvalue weighted by Gasteiger charge is 2.22. The zero-order valence-electron chi connectivity index (χ0n) is 11.7. The van der Waals surface area contributed by atoms with Gasteiger partial charge in [0.25, 0.3) is 0 Å². The molecule has 8 heteroatoms. The van der Waals surface area contributed by atoms with E-state index in [0.717, 1.165) is 0 Å². The lowest BCUT2D eigenvalue weighted by atomic mass is 10.1. The standard InChI is InChI=1S/C14H11N3O4S/c1-7-12(10-6-22-14(16-10)15-8(2)18)9-4-3-5-11(17(19)20)13(9)21-7/h3-6H,1-2H3,(H,15,16,18). The van der Waals surface area contributed by atoms with E-state index in [1.165, 1.54) is 24.3 Å². The maximum atomic E-state index is 11.1. The normalized spacial score (nSPS) is 10.8. The molecule has 1 amide bonds. The van der Waals surface area contributed by atoms with Crippen molar-refractivity contribution in [2.24, 2.45) is 0 Å². The van der Waals surface area contributed by atoms with Crippen LogP contribution in [0.3, 0.4) is 0 Å². The molecule has 3 aromatic rings. The highest BCUT2D eigenvalue weighted by atomic mass is 32.1. The van der Waals surface area contributed by atoms with Gasteiger partial charge in [0.05, 0.1) is 16.2 Å². The van der Waals surface area contributed by atoms with Crippen LogP contribution in [-0.2, 0) is 4.79 Å². The summed E-state index contributed by atoms with van der Waals surface area (Å²) in [5.41, 5.74) is 1.47. The number of nitro groups is 1. The van der Waals surface area contributed by atoms with Gasteiger partial charge in [-0.1, -0.05) is 6.07 Å².